The maximum Gasteiger partial charge on any atom is 0.157 e. The lowest BCUT2D eigenvalue weighted by Crippen LogP contribution is -2.10. The lowest BCUT2D eigenvalue weighted by Gasteiger charge is -2.14. The predicted octanol–water partition coefficient (Wildman–Crippen LogP) is 2.88. The number of hydrogen-bond donors (Lipinski definition) is 1. The molecule has 0 bridgehead atoms. The largest absolute Gasteiger partial charge is 0.507 e. The molecule has 2 aromatic heterocycles. The summed E-state index contributed by atoms with van der Waals surface area (Å²) in [6.45, 7) is 1.56. The number of carbonyl (C=O) groups excluding carboxylic acids is 1. The molecule has 0 unspecified atom stereocenters. The normalized spacial score (nSPS) is 12.6. The van der Waals surface area contributed by atoms with Gasteiger partial charge in [-0.1, -0.05) is 19.9 Å². The van der Waals surface area contributed by atoms with Gasteiger partial charge in [0.05, 0.1) is 13.9 Å². The summed E-state index contributed by atoms with van der Waals surface area (Å²) in [5.74, 6) is 0.696. The first kappa shape index (κ1) is 14.2. The van der Waals surface area contributed by atoms with Gasteiger partial charge < -0.3 is 9.84 Å². The zero-order chi connectivity index (χ0) is 19.6. The molecule has 0 aliphatic carbocycles. The Morgan fingerprint density at radius 1 is 1.40 bits per heavy atom. The van der Waals surface area contributed by atoms with Gasteiger partial charge in [0.25, 0.3) is 0 Å². The summed E-state index contributed by atoms with van der Waals surface area (Å²) in [6.07, 6.45) is 6.33. The summed E-state index contributed by atoms with van der Waals surface area (Å²) in [4.78, 5) is 23.7. The van der Waals surface area contributed by atoms with Gasteiger partial charge in [0.15, 0.2) is 6.29 Å². The molecule has 2 heterocycles. The van der Waals surface area contributed by atoms with Crippen molar-refractivity contribution in [2.45, 2.75) is 26.3 Å². The first-order valence-electron chi connectivity index (χ1n) is 8.65. The molecule has 0 aliphatic rings. The zero-order valence-electron chi connectivity index (χ0n) is 15.7. The molecule has 0 amide bonds. The molecule has 0 saturated heterocycles. The van der Waals surface area contributed by atoms with Crippen molar-refractivity contribution in [1.29, 1.82) is 0 Å². The lowest BCUT2D eigenvalue weighted by atomic mass is 10.2. The van der Waals surface area contributed by atoms with Gasteiger partial charge in [-0.15, -0.1) is 0 Å². The van der Waals surface area contributed by atoms with Crippen LogP contribution in [0.15, 0.2) is 43.1 Å². The number of aldehydes is 1. The fraction of sp³-hybridized carbons (Fsp3) is 0.222. The first-order valence-corrected chi connectivity index (χ1v) is 7.65. The number of aromatic hydroxyl groups is 1. The Balaban J connectivity index is 2.08. The van der Waals surface area contributed by atoms with Gasteiger partial charge in [0, 0.05) is 24.5 Å². The van der Waals surface area contributed by atoms with E-state index in [1.165, 1.54) is 30.7 Å². The van der Waals surface area contributed by atoms with Gasteiger partial charge in [-0.25, -0.2) is 15.0 Å². The summed E-state index contributed by atoms with van der Waals surface area (Å²) in [5, 5.41) is 9.79. The molecule has 3 aromatic rings. The second kappa shape index (κ2) is 7.12. The monoisotopic (exact) mass is 340 g/mol. The molecule has 0 saturated carbocycles. The third kappa shape index (κ3) is 3.35. The average Bonchev–Trinajstić information content (AvgIpc) is 3.11. The van der Waals surface area contributed by atoms with Gasteiger partial charge in [-0.2, -0.15) is 0 Å². The fourth-order valence-corrected chi connectivity index (χ4v) is 2.36. The topological polar surface area (TPSA) is 90.1 Å². The number of phenolic OH excluding ortho intramolecular Hbond substituents is 1. The summed E-state index contributed by atoms with van der Waals surface area (Å²) in [5.41, 5.74) is -0.0737. The van der Waals surface area contributed by atoms with E-state index in [2.05, 4.69) is 15.0 Å². The molecule has 7 heteroatoms. The van der Waals surface area contributed by atoms with Crippen LogP contribution in [0.5, 0.6) is 11.5 Å². The second-order valence-corrected chi connectivity index (χ2v) is 5.58. The van der Waals surface area contributed by atoms with E-state index in [0.717, 1.165) is 0 Å². The number of hydrogen-bond acceptors (Lipinski definition) is 6. The minimum atomic E-state index is -2.37. The molecule has 0 aliphatic heterocycles. The summed E-state index contributed by atoms with van der Waals surface area (Å²) >= 11 is 0. The predicted molar refractivity (Wildman–Crippen MR) is 91.1 cm³/mol. The van der Waals surface area contributed by atoms with Crippen LogP contribution in [0.25, 0.3) is 5.82 Å². The third-order valence-electron chi connectivity index (χ3n) is 3.54. The van der Waals surface area contributed by atoms with E-state index in [0.29, 0.717) is 12.1 Å². The van der Waals surface area contributed by atoms with Crippen molar-refractivity contribution in [3.63, 3.8) is 0 Å². The van der Waals surface area contributed by atoms with Crippen LogP contribution in [-0.2, 0) is 6.56 Å². The highest BCUT2D eigenvalue weighted by Gasteiger charge is 2.15. The van der Waals surface area contributed by atoms with Crippen LogP contribution < -0.4 is 4.74 Å². The van der Waals surface area contributed by atoms with Gasteiger partial charge in [-0.3, -0.25) is 9.36 Å². The average molecular weight is 340 g/mol. The molecule has 25 heavy (non-hydrogen) atoms. The maximum absolute atomic E-state index is 11.2. The number of nitrogens with zero attached hydrogens (tertiary/aromatic N) is 4. The van der Waals surface area contributed by atoms with Crippen molar-refractivity contribution in [2.24, 2.45) is 0 Å². The Kier molecular flexibility index (Phi) is 4.03. The molecule has 1 N–H and O–H groups in total. The molecule has 7 nitrogen and oxygen atoms in total. The number of ether oxygens (including phenoxy) is 1. The summed E-state index contributed by atoms with van der Waals surface area (Å²) < 4.78 is 23.9. The van der Waals surface area contributed by atoms with Crippen molar-refractivity contribution >= 4 is 6.29 Å². The lowest BCUT2D eigenvalue weighted by molar-refractivity contribution is 0.111. The van der Waals surface area contributed by atoms with Crippen molar-refractivity contribution in [1.82, 2.24) is 19.5 Å². The Morgan fingerprint density at radius 3 is 3.00 bits per heavy atom. The van der Waals surface area contributed by atoms with Crippen LogP contribution in [-0.4, -0.2) is 30.9 Å². The quantitative estimate of drug-likeness (QED) is 0.694. The maximum atomic E-state index is 11.2. The Bertz CT molecular complexity index is 973. The van der Waals surface area contributed by atoms with Crippen molar-refractivity contribution in [3.8, 4) is 17.3 Å². The van der Waals surface area contributed by atoms with Crippen LogP contribution in [0, 0.1) is 0 Å². The highest BCUT2D eigenvalue weighted by molar-refractivity contribution is 5.83. The molecule has 0 fully saturated rings. The Hall–Kier alpha value is -3.22. The van der Waals surface area contributed by atoms with E-state index < -0.39 is 6.56 Å². The summed E-state index contributed by atoms with van der Waals surface area (Å²) in [6, 6.07) is 4.19. The number of phenols is 1. The Morgan fingerprint density at radius 2 is 2.24 bits per heavy atom. The van der Waals surface area contributed by atoms with E-state index in [9.17, 15) is 9.90 Å². The molecule has 0 spiro atoms. The number of benzene rings is 1. The number of imidazole rings is 1. The van der Waals surface area contributed by atoms with Crippen LogP contribution in [0.4, 0.5) is 0 Å². The number of carbonyl (C=O) groups is 1. The molecule has 0 atom stereocenters. The highest BCUT2D eigenvalue weighted by atomic mass is 16.5. The Labute approximate surface area is 147 Å². The van der Waals surface area contributed by atoms with Crippen LogP contribution in [0.3, 0.4) is 0 Å². The highest BCUT2D eigenvalue weighted by Crippen LogP contribution is 2.27. The molecule has 1 aromatic carbocycles. The molecule has 0 radical (unpaired) electrons. The number of aromatic nitrogens is 4. The SMILES string of the molecule is [2H]C([2H])(Oc1cccc(O)c1C=O)c1cncnc1-n1ccnc1C(C)C. The van der Waals surface area contributed by atoms with Gasteiger partial charge in [0.1, 0.15) is 36.0 Å². The van der Waals surface area contributed by atoms with Crippen molar-refractivity contribution in [2.75, 3.05) is 0 Å². The van der Waals surface area contributed by atoms with Gasteiger partial charge in [-0.05, 0) is 12.1 Å². The van der Waals surface area contributed by atoms with Crippen molar-refractivity contribution < 1.29 is 17.4 Å². The van der Waals surface area contributed by atoms with E-state index in [1.807, 2.05) is 13.8 Å². The van der Waals surface area contributed by atoms with E-state index >= 15 is 0 Å². The number of rotatable bonds is 6. The second-order valence-electron chi connectivity index (χ2n) is 5.58. The third-order valence-corrected chi connectivity index (χ3v) is 3.54. The van der Waals surface area contributed by atoms with E-state index in [1.54, 1.807) is 17.0 Å². The minimum Gasteiger partial charge on any atom is -0.507 e. The first-order chi connectivity index (χ1) is 12.8. The van der Waals surface area contributed by atoms with Crippen molar-refractivity contribution in [3.05, 3.63) is 60.1 Å². The smallest absolute Gasteiger partial charge is 0.157 e. The molecule has 3 rings (SSSR count). The molecular formula is C18H18N4O3. The van der Waals surface area contributed by atoms with Gasteiger partial charge in [0.2, 0.25) is 0 Å². The van der Waals surface area contributed by atoms with Crippen LogP contribution in [0.1, 0.15) is 44.3 Å². The van der Waals surface area contributed by atoms with Crippen LogP contribution in [0.2, 0.25) is 0 Å². The minimum absolute atomic E-state index is 0.0603. The fourth-order valence-electron chi connectivity index (χ4n) is 2.36. The molecular weight excluding hydrogens is 320 g/mol. The van der Waals surface area contributed by atoms with E-state index in [-0.39, 0.29) is 34.4 Å². The summed E-state index contributed by atoms with van der Waals surface area (Å²) in [7, 11) is 0. The van der Waals surface area contributed by atoms with Gasteiger partial charge >= 0.3 is 0 Å². The van der Waals surface area contributed by atoms with Crippen LogP contribution >= 0.6 is 0 Å². The van der Waals surface area contributed by atoms with E-state index in [4.69, 9.17) is 7.48 Å². The standard InChI is InChI=1S/C18H18N4O3/c1-12(2)17-20-6-7-22(17)18-13(8-19-11-21-18)10-25-16-5-3-4-15(24)14(16)9-23/h3-9,11-12,24H,10H2,1-2H3/i10D2. The zero-order valence-corrected chi connectivity index (χ0v) is 13.7. The molecule has 128 valence electrons.